The second-order valence-electron chi connectivity index (χ2n) is 8.71. The number of ether oxygens (including phenoxy) is 2. The van der Waals surface area contributed by atoms with Crippen LogP contribution in [0.2, 0.25) is 5.02 Å². The summed E-state index contributed by atoms with van der Waals surface area (Å²) < 4.78 is 12.5. The van der Waals surface area contributed by atoms with E-state index in [1.54, 1.807) is 0 Å². The molecule has 0 atom stereocenters. The van der Waals surface area contributed by atoms with Gasteiger partial charge in [0.25, 0.3) is 0 Å². The number of nitrogens with zero attached hydrogens (tertiary/aromatic N) is 3. The molecule has 2 aliphatic rings. The Kier molecular flexibility index (Phi) is 6.14. The van der Waals surface area contributed by atoms with Crippen LogP contribution >= 0.6 is 11.6 Å². The lowest BCUT2D eigenvalue weighted by molar-refractivity contribution is -0.194. The summed E-state index contributed by atoms with van der Waals surface area (Å²) in [4.78, 5) is 21.9. The lowest BCUT2D eigenvalue weighted by atomic mass is 10.1. The largest absolute Gasteiger partial charge is 0.491 e. The summed E-state index contributed by atoms with van der Waals surface area (Å²) in [6.45, 7) is 6.35. The number of benzene rings is 2. The molecule has 1 N–H and O–H groups in total. The molecule has 0 amide bonds. The van der Waals surface area contributed by atoms with Crippen molar-refractivity contribution in [3.63, 3.8) is 0 Å². The molecule has 0 unspecified atom stereocenters. The molecule has 3 aromatic rings. The molecule has 1 fully saturated rings. The first-order valence-corrected chi connectivity index (χ1v) is 11.5. The van der Waals surface area contributed by atoms with Crippen LogP contribution in [0.1, 0.15) is 32.3 Å². The van der Waals surface area contributed by atoms with Gasteiger partial charge in [-0.1, -0.05) is 17.7 Å². The van der Waals surface area contributed by atoms with Gasteiger partial charge in [0, 0.05) is 30.8 Å². The lowest BCUT2D eigenvalue weighted by Gasteiger charge is -2.30. The van der Waals surface area contributed by atoms with Gasteiger partial charge in [-0.3, -0.25) is 0 Å². The second kappa shape index (κ2) is 9.21. The summed E-state index contributed by atoms with van der Waals surface area (Å²) in [6.07, 6.45) is 3.55. The maximum Gasteiger partial charge on any atom is 0.196 e. The summed E-state index contributed by atoms with van der Waals surface area (Å²) in [5, 5.41) is 4.61. The van der Waals surface area contributed by atoms with Crippen molar-refractivity contribution in [3.8, 4) is 17.2 Å². The van der Waals surface area contributed by atoms with Gasteiger partial charge in [-0.05, 0) is 39.8 Å². The van der Waals surface area contributed by atoms with E-state index in [1.165, 1.54) is 6.33 Å². The van der Waals surface area contributed by atoms with Gasteiger partial charge in [0.05, 0.1) is 22.0 Å². The SMILES string of the molecule is CC(C)Oc1cc(OC2CCN(C)CC2)c2c(Nc3c(Cl)ccc4c3OOC4)ncnc2c1. The van der Waals surface area contributed by atoms with Gasteiger partial charge in [-0.2, -0.15) is 4.89 Å². The van der Waals surface area contributed by atoms with E-state index in [1.807, 2.05) is 38.1 Å². The molecule has 1 saturated heterocycles. The third kappa shape index (κ3) is 4.64. The highest BCUT2D eigenvalue weighted by Crippen LogP contribution is 2.43. The zero-order valence-electron chi connectivity index (χ0n) is 18.9. The van der Waals surface area contributed by atoms with E-state index in [4.69, 9.17) is 30.8 Å². The van der Waals surface area contributed by atoms with E-state index >= 15 is 0 Å². The molecule has 1 aromatic heterocycles. The van der Waals surface area contributed by atoms with Gasteiger partial charge < -0.3 is 24.6 Å². The van der Waals surface area contributed by atoms with Crippen LogP contribution in [0.25, 0.3) is 10.9 Å². The van der Waals surface area contributed by atoms with Crippen LogP contribution in [0.5, 0.6) is 17.2 Å². The summed E-state index contributed by atoms with van der Waals surface area (Å²) in [7, 11) is 2.13. The van der Waals surface area contributed by atoms with Crippen LogP contribution in [-0.2, 0) is 11.5 Å². The number of hydrogen-bond donors (Lipinski definition) is 1. The Balaban J connectivity index is 1.57. The zero-order chi connectivity index (χ0) is 22.9. The van der Waals surface area contributed by atoms with E-state index in [2.05, 4.69) is 27.2 Å². The monoisotopic (exact) mass is 470 g/mol. The fraction of sp³-hybridized carbons (Fsp3) is 0.417. The number of nitrogens with one attached hydrogen (secondary N) is 1. The molecule has 5 rings (SSSR count). The van der Waals surface area contributed by atoms with Crippen molar-refractivity contribution in [2.24, 2.45) is 0 Å². The third-order valence-corrected chi connectivity index (χ3v) is 6.11. The highest BCUT2D eigenvalue weighted by Gasteiger charge is 2.24. The summed E-state index contributed by atoms with van der Waals surface area (Å²) >= 11 is 6.50. The maximum absolute atomic E-state index is 6.52. The Morgan fingerprint density at radius 2 is 2.00 bits per heavy atom. The number of fused-ring (bicyclic) bond motifs is 2. The molecule has 0 saturated carbocycles. The summed E-state index contributed by atoms with van der Waals surface area (Å²) in [5.41, 5.74) is 2.23. The first kappa shape index (κ1) is 22.0. The van der Waals surface area contributed by atoms with Gasteiger partial charge in [-0.25, -0.2) is 9.97 Å². The molecular formula is C24H27ClN4O4. The van der Waals surface area contributed by atoms with Crippen LogP contribution in [0.4, 0.5) is 11.5 Å². The standard InChI is InChI=1S/C24H27ClN4O4/c1-14(2)31-17-10-19-21(20(11-17)32-16-6-8-29(3)9-7-16)24(27-13-26-19)28-22-18(25)5-4-15-12-30-33-23(15)22/h4-5,10-11,13-14,16H,6-9,12H2,1-3H3,(H,26,27,28). The van der Waals surface area contributed by atoms with Crippen molar-refractivity contribution in [1.82, 2.24) is 14.9 Å². The van der Waals surface area contributed by atoms with E-state index in [-0.39, 0.29) is 12.2 Å². The highest BCUT2D eigenvalue weighted by molar-refractivity contribution is 6.33. The minimum Gasteiger partial charge on any atom is -0.491 e. The number of hydrogen-bond acceptors (Lipinski definition) is 8. The van der Waals surface area contributed by atoms with E-state index < -0.39 is 0 Å². The number of aromatic nitrogens is 2. The predicted octanol–water partition coefficient (Wildman–Crippen LogP) is 5.11. The third-order valence-electron chi connectivity index (χ3n) is 5.79. The Morgan fingerprint density at radius 1 is 1.18 bits per heavy atom. The summed E-state index contributed by atoms with van der Waals surface area (Å²) in [5.74, 6) is 2.53. The molecule has 0 aliphatic carbocycles. The molecule has 0 radical (unpaired) electrons. The Bertz CT molecular complexity index is 1160. The molecule has 3 heterocycles. The summed E-state index contributed by atoms with van der Waals surface area (Å²) in [6, 6.07) is 7.53. The van der Waals surface area contributed by atoms with Gasteiger partial charge in [0.15, 0.2) is 5.75 Å². The molecule has 2 aliphatic heterocycles. The molecule has 33 heavy (non-hydrogen) atoms. The van der Waals surface area contributed by atoms with Crippen LogP contribution < -0.4 is 19.7 Å². The molecule has 2 aromatic carbocycles. The molecule has 0 spiro atoms. The average molecular weight is 471 g/mol. The van der Waals surface area contributed by atoms with Crippen LogP contribution in [0.3, 0.4) is 0 Å². The lowest BCUT2D eigenvalue weighted by Crippen LogP contribution is -2.35. The highest BCUT2D eigenvalue weighted by atomic mass is 35.5. The zero-order valence-corrected chi connectivity index (χ0v) is 19.7. The minimum absolute atomic E-state index is 0.0286. The fourth-order valence-corrected chi connectivity index (χ4v) is 4.33. The van der Waals surface area contributed by atoms with Crippen molar-refractivity contribution < 1.29 is 19.2 Å². The van der Waals surface area contributed by atoms with E-state index in [9.17, 15) is 0 Å². The second-order valence-corrected chi connectivity index (χ2v) is 9.11. The quantitative estimate of drug-likeness (QED) is 0.498. The van der Waals surface area contributed by atoms with Crippen molar-refractivity contribution in [2.75, 3.05) is 25.5 Å². The van der Waals surface area contributed by atoms with Crippen molar-refractivity contribution >= 4 is 34.0 Å². The predicted molar refractivity (Wildman–Crippen MR) is 127 cm³/mol. The smallest absolute Gasteiger partial charge is 0.196 e. The number of halogens is 1. The average Bonchev–Trinajstić information content (AvgIpc) is 3.26. The normalized spacial score (nSPS) is 16.6. The number of anilines is 2. The number of piperidine rings is 1. The van der Waals surface area contributed by atoms with E-state index in [0.717, 1.165) is 42.4 Å². The van der Waals surface area contributed by atoms with Crippen molar-refractivity contribution in [2.45, 2.75) is 45.5 Å². The molecule has 8 nitrogen and oxygen atoms in total. The number of rotatable bonds is 6. The Morgan fingerprint density at radius 3 is 2.79 bits per heavy atom. The van der Waals surface area contributed by atoms with Crippen LogP contribution in [-0.4, -0.2) is 47.2 Å². The van der Waals surface area contributed by atoms with Crippen molar-refractivity contribution in [1.29, 1.82) is 0 Å². The maximum atomic E-state index is 6.52. The van der Waals surface area contributed by atoms with Crippen LogP contribution in [0, 0.1) is 0 Å². The van der Waals surface area contributed by atoms with E-state index in [0.29, 0.717) is 40.4 Å². The number of likely N-dealkylation sites (tertiary alicyclic amines) is 1. The topological polar surface area (TPSA) is 78.0 Å². The molecule has 9 heteroatoms. The van der Waals surface area contributed by atoms with Gasteiger partial charge >= 0.3 is 0 Å². The van der Waals surface area contributed by atoms with Crippen LogP contribution in [0.15, 0.2) is 30.6 Å². The van der Waals surface area contributed by atoms with Crippen molar-refractivity contribution in [3.05, 3.63) is 41.2 Å². The first-order valence-electron chi connectivity index (χ1n) is 11.2. The molecular weight excluding hydrogens is 444 g/mol. The van der Waals surface area contributed by atoms with Gasteiger partial charge in [-0.15, -0.1) is 0 Å². The molecule has 174 valence electrons. The van der Waals surface area contributed by atoms with Gasteiger partial charge in [0.1, 0.15) is 42.0 Å². The Labute approximate surface area is 197 Å². The fourth-order valence-electron chi connectivity index (χ4n) is 4.14. The van der Waals surface area contributed by atoms with Gasteiger partial charge in [0.2, 0.25) is 0 Å². The Hall–Kier alpha value is -2.81. The first-order chi connectivity index (χ1) is 16.0. The molecule has 0 bridgehead atoms. The minimum atomic E-state index is 0.0286.